The van der Waals surface area contributed by atoms with Gasteiger partial charge in [0.1, 0.15) is 5.76 Å². The van der Waals surface area contributed by atoms with E-state index in [2.05, 4.69) is 34.4 Å². The van der Waals surface area contributed by atoms with Crippen LogP contribution in [0.15, 0.2) is 40.8 Å². The fourth-order valence-corrected chi connectivity index (χ4v) is 3.90. The number of likely N-dealkylation sites (tertiary alicyclic amines) is 1. The van der Waals surface area contributed by atoms with Crippen LogP contribution in [0.3, 0.4) is 0 Å². The van der Waals surface area contributed by atoms with Crippen molar-refractivity contribution in [3.63, 3.8) is 0 Å². The number of hydrogen-bond acceptors (Lipinski definition) is 4. The lowest BCUT2D eigenvalue weighted by Crippen LogP contribution is -2.18. The Morgan fingerprint density at radius 2 is 1.83 bits per heavy atom. The first-order chi connectivity index (χ1) is 14.0. The maximum Gasteiger partial charge on any atom is 0.291 e. The summed E-state index contributed by atoms with van der Waals surface area (Å²) in [6.07, 6.45) is 2.47. The topological polar surface area (TPSA) is 63.3 Å². The number of aryl methyl sites for hydroxylation is 2. The highest BCUT2D eigenvalue weighted by molar-refractivity contribution is 6.02. The second-order valence-electron chi connectivity index (χ2n) is 7.83. The number of benzene rings is 1. The molecule has 1 aliphatic rings. The highest BCUT2D eigenvalue weighted by atomic mass is 16.4. The van der Waals surface area contributed by atoms with E-state index in [0.717, 1.165) is 42.5 Å². The maximum absolute atomic E-state index is 12.7. The largest absolute Gasteiger partial charge is 0.455 e. The van der Waals surface area contributed by atoms with Crippen molar-refractivity contribution in [2.45, 2.75) is 46.7 Å². The van der Waals surface area contributed by atoms with E-state index < -0.39 is 0 Å². The maximum atomic E-state index is 12.7. The van der Waals surface area contributed by atoms with E-state index in [1.807, 2.05) is 36.7 Å². The zero-order chi connectivity index (χ0) is 20.4. The van der Waals surface area contributed by atoms with Crippen molar-refractivity contribution in [3.05, 3.63) is 70.4 Å². The molecule has 29 heavy (non-hydrogen) atoms. The summed E-state index contributed by atoms with van der Waals surface area (Å²) in [7, 11) is 0. The normalized spacial score (nSPS) is 14.4. The molecule has 6 nitrogen and oxygen atoms in total. The third-order valence-electron chi connectivity index (χ3n) is 5.66. The number of hydrogen-bond donors (Lipinski definition) is 1. The zero-order valence-electron chi connectivity index (χ0n) is 17.4. The van der Waals surface area contributed by atoms with Gasteiger partial charge >= 0.3 is 0 Å². The molecule has 1 aliphatic heterocycles. The summed E-state index contributed by atoms with van der Waals surface area (Å²) >= 11 is 0. The average Bonchev–Trinajstić information content (AvgIpc) is 3.43. The molecule has 1 amide bonds. The Bertz CT molecular complexity index is 1010. The van der Waals surface area contributed by atoms with E-state index in [4.69, 9.17) is 4.42 Å². The van der Waals surface area contributed by atoms with Gasteiger partial charge in [-0.3, -0.25) is 14.4 Å². The molecule has 1 aromatic carbocycles. The van der Waals surface area contributed by atoms with Gasteiger partial charge < -0.3 is 9.73 Å². The Labute approximate surface area is 171 Å². The van der Waals surface area contributed by atoms with E-state index >= 15 is 0 Å². The monoisotopic (exact) mass is 392 g/mol. The molecule has 0 radical (unpaired) electrons. The summed E-state index contributed by atoms with van der Waals surface area (Å²) in [5.74, 6) is 0.935. The first kappa shape index (κ1) is 19.5. The molecule has 0 bridgehead atoms. The number of nitrogens with zero attached hydrogens (tertiary/aromatic N) is 3. The Kier molecular flexibility index (Phi) is 5.53. The van der Waals surface area contributed by atoms with Crippen molar-refractivity contribution in [2.24, 2.45) is 0 Å². The van der Waals surface area contributed by atoms with Crippen LogP contribution in [0.5, 0.6) is 0 Å². The molecule has 1 N–H and O–H groups in total. The van der Waals surface area contributed by atoms with Crippen molar-refractivity contribution in [2.75, 3.05) is 18.4 Å². The Morgan fingerprint density at radius 3 is 2.59 bits per heavy atom. The molecule has 1 saturated heterocycles. The summed E-state index contributed by atoms with van der Waals surface area (Å²) in [5.41, 5.74) is 4.93. The quantitative estimate of drug-likeness (QED) is 0.679. The van der Waals surface area contributed by atoms with Crippen LogP contribution in [-0.4, -0.2) is 33.7 Å². The molecule has 0 aliphatic carbocycles. The lowest BCUT2D eigenvalue weighted by Gasteiger charge is -2.11. The zero-order valence-corrected chi connectivity index (χ0v) is 17.4. The summed E-state index contributed by atoms with van der Waals surface area (Å²) in [5, 5.41) is 7.62. The van der Waals surface area contributed by atoms with Gasteiger partial charge in [0.15, 0.2) is 5.76 Å². The molecule has 6 heteroatoms. The number of carbonyl (C=O) groups is 1. The molecular weight excluding hydrogens is 364 g/mol. The molecule has 0 spiro atoms. The van der Waals surface area contributed by atoms with Crippen molar-refractivity contribution < 1.29 is 9.21 Å². The van der Waals surface area contributed by atoms with E-state index in [1.54, 1.807) is 6.07 Å². The van der Waals surface area contributed by atoms with Gasteiger partial charge in [-0.2, -0.15) is 5.10 Å². The van der Waals surface area contributed by atoms with Gasteiger partial charge in [-0.05, 0) is 70.0 Å². The highest BCUT2D eigenvalue weighted by Gasteiger charge is 2.19. The molecule has 0 saturated carbocycles. The van der Waals surface area contributed by atoms with Crippen LogP contribution in [-0.2, 0) is 13.1 Å². The summed E-state index contributed by atoms with van der Waals surface area (Å²) in [6, 6.07) is 11.9. The third kappa shape index (κ3) is 4.27. The van der Waals surface area contributed by atoms with Crippen molar-refractivity contribution >= 4 is 11.6 Å². The number of furan rings is 1. The molecule has 4 rings (SSSR count). The van der Waals surface area contributed by atoms with Gasteiger partial charge in [-0.1, -0.05) is 24.3 Å². The van der Waals surface area contributed by atoms with Gasteiger partial charge in [0.05, 0.1) is 30.2 Å². The molecule has 0 unspecified atom stereocenters. The lowest BCUT2D eigenvalue weighted by molar-refractivity contribution is 0.0993. The second-order valence-corrected chi connectivity index (χ2v) is 7.83. The number of rotatable bonds is 6. The molecule has 3 aromatic rings. The van der Waals surface area contributed by atoms with Gasteiger partial charge in [0.2, 0.25) is 0 Å². The standard InChI is InChI=1S/C23H28N4O2/c1-16-8-4-5-9-19(16)14-27-18(3)22(17(2)25-27)24-23(28)21-11-10-20(29-21)15-26-12-6-7-13-26/h4-5,8-11H,6-7,12-15H2,1-3H3,(H,24,28). The van der Waals surface area contributed by atoms with E-state index in [0.29, 0.717) is 12.3 Å². The van der Waals surface area contributed by atoms with E-state index in [1.165, 1.54) is 24.0 Å². The Hall–Kier alpha value is -2.86. The molecule has 3 heterocycles. The smallest absolute Gasteiger partial charge is 0.291 e. The van der Waals surface area contributed by atoms with Crippen molar-refractivity contribution in [1.29, 1.82) is 0 Å². The van der Waals surface area contributed by atoms with Crippen LogP contribution < -0.4 is 5.32 Å². The lowest BCUT2D eigenvalue weighted by atomic mass is 10.1. The van der Waals surface area contributed by atoms with Crippen molar-refractivity contribution in [1.82, 2.24) is 14.7 Å². The van der Waals surface area contributed by atoms with Crippen LogP contribution in [0.1, 0.15) is 51.7 Å². The SMILES string of the molecule is Cc1ccccc1Cn1nc(C)c(NC(=O)c2ccc(CN3CCCC3)o2)c1C. The predicted octanol–water partition coefficient (Wildman–Crippen LogP) is 4.30. The molecule has 1 fully saturated rings. The minimum Gasteiger partial charge on any atom is -0.455 e. The van der Waals surface area contributed by atoms with Crippen molar-refractivity contribution in [3.8, 4) is 0 Å². The van der Waals surface area contributed by atoms with Crippen LogP contribution in [0.2, 0.25) is 0 Å². The summed E-state index contributed by atoms with van der Waals surface area (Å²) in [4.78, 5) is 15.1. The first-order valence-corrected chi connectivity index (χ1v) is 10.2. The summed E-state index contributed by atoms with van der Waals surface area (Å²) in [6.45, 7) is 9.63. The Morgan fingerprint density at radius 1 is 1.07 bits per heavy atom. The van der Waals surface area contributed by atoms with Crippen LogP contribution in [0.25, 0.3) is 0 Å². The Balaban J connectivity index is 1.46. The first-order valence-electron chi connectivity index (χ1n) is 10.2. The number of nitrogens with one attached hydrogen (secondary N) is 1. The third-order valence-corrected chi connectivity index (χ3v) is 5.66. The highest BCUT2D eigenvalue weighted by Crippen LogP contribution is 2.23. The number of amides is 1. The number of carbonyl (C=O) groups excluding carboxylic acids is 1. The van der Waals surface area contributed by atoms with Crippen LogP contribution in [0, 0.1) is 20.8 Å². The van der Waals surface area contributed by atoms with E-state index in [-0.39, 0.29) is 5.91 Å². The van der Waals surface area contributed by atoms with Gasteiger partial charge in [-0.25, -0.2) is 0 Å². The minimum atomic E-state index is -0.237. The van der Waals surface area contributed by atoms with Gasteiger partial charge in [0, 0.05) is 0 Å². The second kappa shape index (κ2) is 8.25. The number of aromatic nitrogens is 2. The fraction of sp³-hybridized carbons (Fsp3) is 0.391. The molecule has 0 atom stereocenters. The predicted molar refractivity (Wildman–Crippen MR) is 113 cm³/mol. The van der Waals surface area contributed by atoms with Gasteiger partial charge in [0.25, 0.3) is 5.91 Å². The molecule has 2 aromatic heterocycles. The average molecular weight is 393 g/mol. The minimum absolute atomic E-state index is 0.237. The van der Waals surface area contributed by atoms with Crippen LogP contribution in [0.4, 0.5) is 5.69 Å². The van der Waals surface area contributed by atoms with E-state index in [9.17, 15) is 4.79 Å². The summed E-state index contributed by atoms with van der Waals surface area (Å²) < 4.78 is 7.74. The number of anilines is 1. The molecular formula is C23H28N4O2. The van der Waals surface area contributed by atoms with Crippen LogP contribution >= 0.6 is 0 Å². The van der Waals surface area contributed by atoms with Gasteiger partial charge in [-0.15, -0.1) is 0 Å². The fourth-order valence-electron chi connectivity index (χ4n) is 3.90. The molecule has 152 valence electrons.